The average molecular weight is 236 g/mol. The molecule has 0 spiro atoms. The molecule has 0 fully saturated rings. The van der Waals surface area contributed by atoms with Gasteiger partial charge in [-0.25, -0.2) is 0 Å². The average Bonchev–Trinajstić information content (AvgIpc) is 2.31. The minimum Gasteiger partial charge on any atom is -0.394 e. The summed E-state index contributed by atoms with van der Waals surface area (Å²) in [6, 6.07) is 0. The van der Waals surface area contributed by atoms with Crippen molar-refractivity contribution in [3.05, 3.63) is 0 Å². The molecule has 6 heteroatoms. The third kappa shape index (κ3) is 13.8. The van der Waals surface area contributed by atoms with Gasteiger partial charge in [-0.05, 0) is 0 Å². The summed E-state index contributed by atoms with van der Waals surface area (Å²) < 4.78 is 15.6. The number of nitrogens with two attached hydrogens (primary N) is 1. The largest absolute Gasteiger partial charge is 0.394 e. The van der Waals surface area contributed by atoms with E-state index in [-0.39, 0.29) is 6.61 Å². The van der Waals surface area contributed by atoms with Gasteiger partial charge in [0.25, 0.3) is 0 Å². The molecule has 0 aliphatic heterocycles. The predicted molar refractivity (Wildman–Crippen MR) is 61.5 cm³/mol. The monoisotopic (exact) mass is 236 g/mol. The summed E-state index contributed by atoms with van der Waals surface area (Å²) >= 11 is 0. The van der Waals surface area contributed by atoms with Crippen molar-refractivity contribution >= 4 is 0 Å². The van der Waals surface area contributed by atoms with Crippen LogP contribution in [0.1, 0.15) is 0 Å². The molecule has 0 amide bonds. The van der Waals surface area contributed by atoms with Crippen LogP contribution >= 0.6 is 0 Å². The van der Waals surface area contributed by atoms with Gasteiger partial charge in [-0.2, -0.15) is 0 Å². The van der Waals surface area contributed by atoms with E-state index >= 15 is 0 Å². The number of aliphatic hydroxyl groups excluding tert-OH is 1. The van der Waals surface area contributed by atoms with Crippen molar-refractivity contribution < 1.29 is 19.3 Å². The van der Waals surface area contributed by atoms with Crippen LogP contribution in [0, 0.1) is 0 Å². The molecular weight excluding hydrogens is 212 g/mol. The number of hydrogen-bond donors (Lipinski definition) is 3. The highest BCUT2D eigenvalue weighted by Crippen LogP contribution is 1.80. The molecular formula is C10H24N2O4. The summed E-state index contributed by atoms with van der Waals surface area (Å²) in [5.74, 6) is 0. The lowest BCUT2D eigenvalue weighted by Gasteiger charge is -2.06. The second kappa shape index (κ2) is 14.8. The minimum atomic E-state index is 0.0545. The Balaban J connectivity index is 2.83. The van der Waals surface area contributed by atoms with Crippen molar-refractivity contribution in [1.82, 2.24) is 5.32 Å². The SMILES string of the molecule is NCCNCCOCCOCCOCCO. The van der Waals surface area contributed by atoms with Crippen molar-refractivity contribution in [2.45, 2.75) is 0 Å². The number of aliphatic hydroxyl groups is 1. The fraction of sp³-hybridized carbons (Fsp3) is 1.00. The molecule has 0 aromatic rings. The van der Waals surface area contributed by atoms with Gasteiger partial charge in [-0.1, -0.05) is 0 Å². The molecule has 4 N–H and O–H groups in total. The van der Waals surface area contributed by atoms with Gasteiger partial charge in [0.1, 0.15) is 0 Å². The van der Waals surface area contributed by atoms with E-state index < -0.39 is 0 Å². The Morgan fingerprint density at radius 2 is 1.38 bits per heavy atom. The summed E-state index contributed by atoms with van der Waals surface area (Å²) in [6.45, 7) is 5.59. The first-order chi connectivity index (χ1) is 7.91. The summed E-state index contributed by atoms with van der Waals surface area (Å²) in [6.07, 6.45) is 0. The molecule has 0 heterocycles. The van der Waals surface area contributed by atoms with Gasteiger partial charge in [-0.3, -0.25) is 0 Å². The zero-order valence-electron chi connectivity index (χ0n) is 9.82. The highest BCUT2D eigenvalue weighted by Gasteiger charge is 1.91. The third-order valence-electron chi connectivity index (χ3n) is 1.72. The van der Waals surface area contributed by atoms with Crippen LogP contribution in [0.15, 0.2) is 0 Å². The molecule has 0 unspecified atom stereocenters. The minimum absolute atomic E-state index is 0.0545. The normalized spacial score (nSPS) is 10.9. The molecule has 98 valence electrons. The van der Waals surface area contributed by atoms with Crippen molar-refractivity contribution in [2.24, 2.45) is 5.73 Å². The maximum Gasteiger partial charge on any atom is 0.0701 e. The topological polar surface area (TPSA) is 86.0 Å². The molecule has 0 aliphatic carbocycles. The summed E-state index contributed by atoms with van der Waals surface area (Å²) in [5.41, 5.74) is 5.31. The smallest absolute Gasteiger partial charge is 0.0701 e. The maximum absolute atomic E-state index is 8.43. The van der Waals surface area contributed by atoms with E-state index in [1.165, 1.54) is 0 Å². The van der Waals surface area contributed by atoms with E-state index in [4.69, 9.17) is 25.1 Å². The molecule has 0 bridgehead atoms. The van der Waals surface area contributed by atoms with Crippen molar-refractivity contribution in [3.8, 4) is 0 Å². The second-order valence-electron chi connectivity index (χ2n) is 3.10. The highest BCUT2D eigenvalue weighted by molar-refractivity contribution is 4.45. The van der Waals surface area contributed by atoms with E-state index in [0.29, 0.717) is 46.2 Å². The Morgan fingerprint density at radius 1 is 0.812 bits per heavy atom. The van der Waals surface area contributed by atoms with Crippen LogP contribution < -0.4 is 11.1 Å². The fourth-order valence-electron chi connectivity index (χ4n) is 0.978. The Kier molecular flexibility index (Phi) is 14.5. The lowest BCUT2D eigenvalue weighted by Crippen LogP contribution is -2.26. The van der Waals surface area contributed by atoms with E-state index in [9.17, 15) is 0 Å². The van der Waals surface area contributed by atoms with Crippen molar-refractivity contribution in [2.75, 3.05) is 65.9 Å². The summed E-state index contributed by atoms with van der Waals surface area (Å²) in [4.78, 5) is 0. The van der Waals surface area contributed by atoms with E-state index in [0.717, 1.165) is 13.1 Å². The summed E-state index contributed by atoms with van der Waals surface area (Å²) in [5, 5.41) is 11.6. The van der Waals surface area contributed by atoms with Crippen LogP contribution in [0.3, 0.4) is 0 Å². The lowest BCUT2D eigenvalue weighted by molar-refractivity contribution is 0.00824. The zero-order chi connectivity index (χ0) is 11.9. The summed E-state index contributed by atoms with van der Waals surface area (Å²) in [7, 11) is 0. The van der Waals surface area contributed by atoms with E-state index in [1.54, 1.807) is 0 Å². The van der Waals surface area contributed by atoms with Gasteiger partial charge in [0, 0.05) is 19.6 Å². The van der Waals surface area contributed by atoms with Crippen LogP contribution in [0.2, 0.25) is 0 Å². The number of ether oxygens (including phenoxy) is 3. The van der Waals surface area contributed by atoms with Gasteiger partial charge in [0.2, 0.25) is 0 Å². The number of nitrogens with one attached hydrogen (secondary N) is 1. The standard InChI is InChI=1S/C10H24N2O4/c11-1-2-12-3-5-14-7-9-16-10-8-15-6-4-13/h12-13H,1-11H2. The first kappa shape index (κ1) is 15.8. The van der Waals surface area contributed by atoms with Crippen molar-refractivity contribution in [1.29, 1.82) is 0 Å². The fourth-order valence-corrected chi connectivity index (χ4v) is 0.978. The Morgan fingerprint density at radius 3 is 1.94 bits per heavy atom. The highest BCUT2D eigenvalue weighted by atomic mass is 16.5. The predicted octanol–water partition coefficient (Wildman–Crippen LogP) is -1.42. The van der Waals surface area contributed by atoms with Crippen LogP contribution in [0.5, 0.6) is 0 Å². The van der Waals surface area contributed by atoms with Gasteiger partial charge in [-0.15, -0.1) is 0 Å². The number of hydrogen-bond acceptors (Lipinski definition) is 6. The van der Waals surface area contributed by atoms with Crippen LogP contribution in [0.4, 0.5) is 0 Å². The van der Waals surface area contributed by atoms with Crippen LogP contribution in [-0.2, 0) is 14.2 Å². The van der Waals surface area contributed by atoms with Crippen LogP contribution in [-0.4, -0.2) is 71.0 Å². The Bertz CT molecular complexity index is 113. The molecule has 0 aromatic heterocycles. The van der Waals surface area contributed by atoms with Crippen LogP contribution in [0.25, 0.3) is 0 Å². The first-order valence-corrected chi connectivity index (χ1v) is 5.66. The molecule has 0 atom stereocenters. The Hall–Kier alpha value is -0.240. The van der Waals surface area contributed by atoms with Gasteiger partial charge in [0.05, 0.1) is 46.2 Å². The molecule has 0 saturated carbocycles. The first-order valence-electron chi connectivity index (χ1n) is 5.66. The Labute approximate surface area is 97.0 Å². The number of rotatable bonds is 13. The van der Waals surface area contributed by atoms with Gasteiger partial charge >= 0.3 is 0 Å². The van der Waals surface area contributed by atoms with Crippen molar-refractivity contribution in [3.63, 3.8) is 0 Å². The molecule has 0 saturated heterocycles. The quantitative estimate of drug-likeness (QED) is 0.340. The van der Waals surface area contributed by atoms with Gasteiger partial charge < -0.3 is 30.4 Å². The second-order valence-corrected chi connectivity index (χ2v) is 3.10. The molecule has 0 aliphatic rings. The molecule has 0 aromatic carbocycles. The molecule has 0 rings (SSSR count). The molecule has 16 heavy (non-hydrogen) atoms. The van der Waals surface area contributed by atoms with Gasteiger partial charge in [0.15, 0.2) is 0 Å². The van der Waals surface area contributed by atoms with E-state index in [1.807, 2.05) is 0 Å². The third-order valence-corrected chi connectivity index (χ3v) is 1.72. The lowest BCUT2D eigenvalue weighted by atomic mass is 10.6. The molecule has 6 nitrogen and oxygen atoms in total. The van der Waals surface area contributed by atoms with E-state index in [2.05, 4.69) is 5.32 Å². The molecule has 0 radical (unpaired) electrons. The maximum atomic E-state index is 8.43. The zero-order valence-corrected chi connectivity index (χ0v) is 9.82.